The number of hydrogen-bond acceptors (Lipinski definition) is 4. The van der Waals surface area contributed by atoms with E-state index in [2.05, 4.69) is 4.98 Å². The highest BCUT2D eigenvalue weighted by Crippen LogP contribution is 2.17. The van der Waals surface area contributed by atoms with Crippen molar-refractivity contribution < 1.29 is 9.90 Å². The first-order chi connectivity index (χ1) is 12.1. The number of aryl methyl sites for hydroxylation is 1. The lowest BCUT2D eigenvalue weighted by Gasteiger charge is -2.21. The highest BCUT2D eigenvalue weighted by Gasteiger charge is 2.18. The minimum Gasteiger partial charge on any atom is -0.396 e. The van der Waals surface area contributed by atoms with Crippen LogP contribution in [0.15, 0.2) is 46.6 Å². The highest BCUT2D eigenvalue weighted by molar-refractivity contribution is 7.12. The summed E-state index contributed by atoms with van der Waals surface area (Å²) < 4.78 is 0. The third-order valence-corrected chi connectivity index (χ3v) is 4.90. The van der Waals surface area contributed by atoms with Crippen molar-refractivity contribution in [2.45, 2.75) is 19.9 Å². The molecule has 3 aromatic rings. The number of nitrogens with one attached hydrogen (secondary N) is 1. The van der Waals surface area contributed by atoms with Gasteiger partial charge in [-0.15, -0.1) is 11.3 Å². The summed E-state index contributed by atoms with van der Waals surface area (Å²) in [7, 11) is 0. The third-order valence-electron chi connectivity index (χ3n) is 4.04. The SMILES string of the molecule is Cc1ccc2[nH]c(=O)c(CN(CCCO)C(=O)c3cccs3)cc2c1. The number of amides is 1. The molecular formula is C19H20N2O3S. The molecule has 0 aliphatic carbocycles. The van der Waals surface area contributed by atoms with Gasteiger partial charge in [0, 0.05) is 24.2 Å². The Hall–Kier alpha value is -2.44. The molecule has 5 nitrogen and oxygen atoms in total. The molecule has 0 fully saturated rings. The zero-order valence-electron chi connectivity index (χ0n) is 14.0. The van der Waals surface area contributed by atoms with Crippen LogP contribution in [-0.4, -0.2) is 34.0 Å². The van der Waals surface area contributed by atoms with Gasteiger partial charge in [0.2, 0.25) is 0 Å². The Balaban J connectivity index is 1.93. The van der Waals surface area contributed by atoms with Gasteiger partial charge in [0.15, 0.2) is 0 Å². The molecule has 0 saturated heterocycles. The first-order valence-electron chi connectivity index (χ1n) is 8.14. The Labute approximate surface area is 149 Å². The van der Waals surface area contributed by atoms with Crippen LogP contribution >= 0.6 is 11.3 Å². The fourth-order valence-corrected chi connectivity index (χ4v) is 3.46. The van der Waals surface area contributed by atoms with E-state index in [-0.39, 0.29) is 24.6 Å². The Morgan fingerprint density at radius 1 is 1.28 bits per heavy atom. The molecule has 130 valence electrons. The Morgan fingerprint density at radius 3 is 2.84 bits per heavy atom. The molecule has 1 aromatic carbocycles. The molecule has 3 rings (SSSR count). The van der Waals surface area contributed by atoms with E-state index < -0.39 is 0 Å². The zero-order chi connectivity index (χ0) is 17.8. The van der Waals surface area contributed by atoms with Gasteiger partial charge in [0.25, 0.3) is 11.5 Å². The van der Waals surface area contributed by atoms with Crippen LogP contribution in [0.2, 0.25) is 0 Å². The molecule has 0 spiro atoms. The van der Waals surface area contributed by atoms with Gasteiger partial charge >= 0.3 is 0 Å². The van der Waals surface area contributed by atoms with Crippen molar-refractivity contribution in [2.24, 2.45) is 0 Å². The van der Waals surface area contributed by atoms with E-state index in [9.17, 15) is 9.59 Å². The number of pyridine rings is 1. The van der Waals surface area contributed by atoms with Gasteiger partial charge in [-0.25, -0.2) is 0 Å². The van der Waals surface area contributed by atoms with Crippen LogP contribution < -0.4 is 5.56 Å². The molecule has 1 amide bonds. The molecule has 6 heteroatoms. The lowest BCUT2D eigenvalue weighted by atomic mass is 10.1. The summed E-state index contributed by atoms with van der Waals surface area (Å²) in [5.74, 6) is -0.118. The van der Waals surface area contributed by atoms with Crippen LogP contribution in [0.5, 0.6) is 0 Å². The summed E-state index contributed by atoms with van der Waals surface area (Å²) >= 11 is 1.37. The summed E-state index contributed by atoms with van der Waals surface area (Å²) in [6, 6.07) is 11.3. The van der Waals surface area contributed by atoms with E-state index in [1.807, 2.05) is 42.6 Å². The number of aliphatic hydroxyl groups excluding tert-OH is 1. The molecular weight excluding hydrogens is 336 g/mol. The topological polar surface area (TPSA) is 73.4 Å². The van der Waals surface area contributed by atoms with Gasteiger partial charge in [0.05, 0.1) is 11.4 Å². The number of benzene rings is 1. The van der Waals surface area contributed by atoms with Gasteiger partial charge in [-0.3, -0.25) is 9.59 Å². The summed E-state index contributed by atoms with van der Waals surface area (Å²) in [5.41, 5.74) is 2.24. The maximum absolute atomic E-state index is 12.7. The second kappa shape index (κ2) is 7.63. The van der Waals surface area contributed by atoms with Crippen LogP contribution in [0.4, 0.5) is 0 Å². The molecule has 0 saturated carbocycles. The maximum atomic E-state index is 12.7. The van der Waals surface area contributed by atoms with Crippen LogP contribution in [-0.2, 0) is 6.54 Å². The van der Waals surface area contributed by atoms with Crippen LogP contribution in [0, 0.1) is 6.92 Å². The number of fused-ring (bicyclic) bond motifs is 1. The van der Waals surface area contributed by atoms with Crippen LogP contribution in [0.3, 0.4) is 0 Å². The highest BCUT2D eigenvalue weighted by atomic mass is 32.1. The molecule has 0 aliphatic rings. The zero-order valence-corrected chi connectivity index (χ0v) is 14.8. The van der Waals surface area contributed by atoms with Crippen molar-refractivity contribution in [3.63, 3.8) is 0 Å². The van der Waals surface area contributed by atoms with Crippen molar-refractivity contribution >= 4 is 28.1 Å². The summed E-state index contributed by atoms with van der Waals surface area (Å²) in [6.45, 7) is 2.62. The maximum Gasteiger partial charge on any atom is 0.264 e. The summed E-state index contributed by atoms with van der Waals surface area (Å²) in [5, 5.41) is 11.9. The first-order valence-corrected chi connectivity index (χ1v) is 9.02. The number of hydrogen-bond donors (Lipinski definition) is 2. The lowest BCUT2D eigenvalue weighted by Crippen LogP contribution is -2.33. The van der Waals surface area contributed by atoms with Gasteiger partial charge in [0.1, 0.15) is 0 Å². The molecule has 2 N–H and O–H groups in total. The Kier molecular flexibility index (Phi) is 5.31. The fourth-order valence-electron chi connectivity index (χ4n) is 2.76. The largest absolute Gasteiger partial charge is 0.396 e. The molecule has 2 heterocycles. The van der Waals surface area contributed by atoms with Crippen LogP contribution in [0.25, 0.3) is 10.9 Å². The van der Waals surface area contributed by atoms with Crippen molar-refractivity contribution in [3.05, 3.63) is 68.1 Å². The average molecular weight is 356 g/mol. The minimum absolute atomic E-state index is 0.00148. The number of H-pyrrole nitrogens is 1. The predicted octanol–water partition coefficient (Wildman–Crippen LogP) is 2.92. The summed E-state index contributed by atoms with van der Waals surface area (Å²) in [4.78, 5) is 30.2. The molecule has 0 radical (unpaired) electrons. The number of rotatable bonds is 6. The van der Waals surface area contributed by atoms with Crippen molar-refractivity contribution in [1.29, 1.82) is 0 Å². The monoisotopic (exact) mass is 356 g/mol. The van der Waals surface area contributed by atoms with Gasteiger partial charge in [-0.2, -0.15) is 0 Å². The number of thiophene rings is 1. The normalized spacial score (nSPS) is 11.0. The van der Waals surface area contributed by atoms with Crippen molar-refractivity contribution in [1.82, 2.24) is 9.88 Å². The van der Waals surface area contributed by atoms with Gasteiger partial charge < -0.3 is 15.0 Å². The summed E-state index contributed by atoms with van der Waals surface area (Å²) in [6.07, 6.45) is 0.474. The van der Waals surface area contributed by atoms with E-state index in [0.29, 0.717) is 23.4 Å². The van der Waals surface area contributed by atoms with E-state index in [4.69, 9.17) is 5.11 Å². The van der Waals surface area contributed by atoms with Gasteiger partial charge in [-0.05, 0) is 48.4 Å². The number of aromatic amines is 1. The standard InChI is InChI=1S/C19H20N2O3S/c1-13-5-6-16-14(10-13)11-15(18(23)20-16)12-21(7-3-8-22)19(24)17-4-2-9-25-17/h2,4-6,9-11,22H,3,7-8,12H2,1H3,(H,20,23). The molecule has 0 atom stereocenters. The fraction of sp³-hybridized carbons (Fsp3) is 0.263. The number of carbonyl (C=O) groups excluding carboxylic acids is 1. The first kappa shape index (κ1) is 17.4. The van der Waals surface area contributed by atoms with E-state index in [0.717, 1.165) is 16.5 Å². The minimum atomic E-state index is -0.190. The number of carbonyl (C=O) groups is 1. The second-order valence-corrected chi connectivity index (χ2v) is 6.94. The quantitative estimate of drug-likeness (QED) is 0.713. The Morgan fingerprint density at radius 2 is 2.12 bits per heavy atom. The van der Waals surface area contributed by atoms with Crippen molar-refractivity contribution in [3.8, 4) is 0 Å². The number of aliphatic hydroxyl groups is 1. The van der Waals surface area contributed by atoms with Crippen LogP contribution in [0.1, 0.15) is 27.2 Å². The van der Waals surface area contributed by atoms with E-state index >= 15 is 0 Å². The second-order valence-electron chi connectivity index (χ2n) is 6.00. The van der Waals surface area contributed by atoms with Gasteiger partial charge in [-0.1, -0.05) is 17.7 Å². The number of nitrogens with zero attached hydrogens (tertiary/aromatic N) is 1. The molecule has 0 aliphatic heterocycles. The molecule has 2 aromatic heterocycles. The molecule has 0 unspecified atom stereocenters. The Bertz CT molecular complexity index is 931. The van der Waals surface area contributed by atoms with E-state index in [1.54, 1.807) is 11.0 Å². The average Bonchev–Trinajstić information content (AvgIpc) is 3.13. The lowest BCUT2D eigenvalue weighted by molar-refractivity contribution is 0.0736. The third kappa shape index (κ3) is 3.97. The molecule has 25 heavy (non-hydrogen) atoms. The molecule has 0 bridgehead atoms. The number of aromatic nitrogens is 1. The van der Waals surface area contributed by atoms with Crippen molar-refractivity contribution in [2.75, 3.05) is 13.2 Å². The smallest absolute Gasteiger partial charge is 0.264 e. The predicted molar refractivity (Wildman–Crippen MR) is 100 cm³/mol. The van der Waals surface area contributed by atoms with E-state index in [1.165, 1.54) is 11.3 Å².